The number of likely N-dealkylation sites (tertiary alicyclic amines) is 1. The number of hydrogen-bond acceptors (Lipinski definition) is 5. The van der Waals surface area contributed by atoms with Gasteiger partial charge in [-0.2, -0.15) is 0 Å². The van der Waals surface area contributed by atoms with Crippen LogP contribution in [0.25, 0.3) is 11.3 Å². The Labute approximate surface area is 124 Å². The Bertz CT molecular complexity index is 571. The van der Waals surface area contributed by atoms with Gasteiger partial charge in [0.1, 0.15) is 17.1 Å². The molecule has 0 bridgehead atoms. The smallest absolute Gasteiger partial charge is 0.139 e. The molecule has 1 saturated heterocycles. The van der Waals surface area contributed by atoms with Crippen molar-refractivity contribution in [2.45, 2.75) is 26.3 Å². The molecule has 5 heteroatoms. The molecule has 0 atom stereocenters. The van der Waals surface area contributed by atoms with E-state index in [2.05, 4.69) is 22.1 Å². The van der Waals surface area contributed by atoms with Crippen LogP contribution < -0.4 is 4.74 Å². The molecule has 0 radical (unpaired) electrons. The minimum absolute atomic E-state index is 0.803. The second-order valence-corrected chi connectivity index (χ2v) is 5.75. The van der Waals surface area contributed by atoms with E-state index < -0.39 is 0 Å². The summed E-state index contributed by atoms with van der Waals surface area (Å²) >= 11 is 0. The molecule has 0 aliphatic carbocycles. The average Bonchev–Trinajstić information content (AvgIpc) is 2.98. The van der Waals surface area contributed by atoms with Crippen molar-refractivity contribution in [3.05, 3.63) is 30.0 Å². The van der Waals surface area contributed by atoms with Crippen LogP contribution in [0.1, 0.15) is 25.5 Å². The maximum Gasteiger partial charge on any atom is 0.139 e. The highest BCUT2D eigenvalue weighted by Gasteiger charge is 2.20. The van der Waals surface area contributed by atoms with Crippen LogP contribution in [-0.2, 0) is 6.54 Å². The molecule has 0 amide bonds. The second kappa shape index (κ2) is 6.26. The number of methoxy groups -OCH3 is 1. The fourth-order valence-electron chi connectivity index (χ4n) is 2.71. The van der Waals surface area contributed by atoms with Gasteiger partial charge in [0.05, 0.1) is 7.11 Å². The largest absolute Gasteiger partial charge is 0.497 e. The van der Waals surface area contributed by atoms with Crippen molar-refractivity contribution in [3.63, 3.8) is 0 Å². The van der Waals surface area contributed by atoms with Crippen LogP contribution >= 0.6 is 0 Å². The summed E-state index contributed by atoms with van der Waals surface area (Å²) in [5, 5.41) is 8.16. The van der Waals surface area contributed by atoms with Gasteiger partial charge in [-0.05, 0) is 61.3 Å². The third-order valence-corrected chi connectivity index (χ3v) is 4.17. The van der Waals surface area contributed by atoms with Gasteiger partial charge in [0, 0.05) is 12.1 Å². The number of rotatable bonds is 4. The summed E-state index contributed by atoms with van der Waals surface area (Å²) in [6, 6.07) is 7.83. The predicted octanol–water partition coefficient (Wildman–Crippen LogP) is 2.98. The van der Waals surface area contributed by atoms with E-state index in [4.69, 9.17) is 9.37 Å². The van der Waals surface area contributed by atoms with Crippen LogP contribution in [0.5, 0.6) is 5.75 Å². The van der Waals surface area contributed by atoms with Gasteiger partial charge in [-0.1, -0.05) is 12.1 Å². The van der Waals surface area contributed by atoms with Crippen molar-refractivity contribution in [2.75, 3.05) is 20.2 Å². The predicted molar refractivity (Wildman–Crippen MR) is 80.0 cm³/mol. The van der Waals surface area contributed by atoms with E-state index in [0.29, 0.717) is 0 Å². The van der Waals surface area contributed by atoms with Gasteiger partial charge < -0.3 is 4.74 Å². The van der Waals surface area contributed by atoms with E-state index >= 15 is 0 Å². The van der Waals surface area contributed by atoms with Crippen LogP contribution in [0.4, 0.5) is 0 Å². The van der Waals surface area contributed by atoms with Crippen molar-refractivity contribution in [1.29, 1.82) is 0 Å². The lowest BCUT2D eigenvalue weighted by molar-refractivity contribution is 0.180. The Balaban J connectivity index is 1.74. The number of benzene rings is 1. The molecule has 21 heavy (non-hydrogen) atoms. The zero-order valence-corrected chi connectivity index (χ0v) is 12.6. The van der Waals surface area contributed by atoms with Crippen LogP contribution in [0.15, 0.2) is 28.9 Å². The number of hydrogen-bond donors (Lipinski definition) is 0. The average molecular weight is 287 g/mol. The van der Waals surface area contributed by atoms with E-state index in [1.807, 2.05) is 24.3 Å². The zero-order chi connectivity index (χ0) is 14.7. The first-order valence-corrected chi connectivity index (χ1v) is 7.44. The molecule has 0 spiro atoms. The summed E-state index contributed by atoms with van der Waals surface area (Å²) in [7, 11) is 1.66. The maximum absolute atomic E-state index is 5.18. The highest BCUT2D eigenvalue weighted by atomic mass is 16.6. The van der Waals surface area contributed by atoms with Gasteiger partial charge in [-0.15, -0.1) is 0 Å². The molecule has 1 fully saturated rings. The Morgan fingerprint density at radius 1 is 1.19 bits per heavy atom. The first kappa shape index (κ1) is 14.1. The van der Waals surface area contributed by atoms with Gasteiger partial charge in [0.25, 0.3) is 0 Å². The molecule has 3 rings (SSSR count). The van der Waals surface area contributed by atoms with E-state index in [1.54, 1.807) is 7.11 Å². The fraction of sp³-hybridized carbons (Fsp3) is 0.500. The Kier molecular flexibility index (Phi) is 4.20. The van der Waals surface area contributed by atoms with E-state index in [-0.39, 0.29) is 0 Å². The lowest BCUT2D eigenvalue weighted by Gasteiger charge is -2.29. The molecule has 0 unspecified atom stereocenters. The minimum atomic E-state index is 0.803. The van der Waals surface area contributed by atoms with E-state index in [9.17, 15) is 0 Å². The summed E-state index contributed by atoms with van der Waals surface area (Å²) in [6.45, 7) is 5.36. The molecule has 1 aliphatic heterocycles. The molecule has 5 nitrogen and oxygen atoms in total. The standard InChI is InChI=1S/C16H21N3O2/c1-12-7-9-19(10-8-12)11-15-16(18-21-17-15)13-3-5-14(20-2)6-4-13/h3-6,12H,7-11H2,1-2H3. The Hall–Kier alpha value is -1.88. The Morgan fingerprint density at radius 2 is 1.90 bits per heavy atom. The van der Waals surface area contributed by atoms with E-state index in [0.717, 1.165) is 48.3 Å². The van der Waals surface area contributed by atoms with Crippen molar-refractivity contribution in [3.8, 4) is 17.0 Å². The van der Waals surface area contributed by atoms with Crippen molar-refractivity contribution in [2.24, 2.45) is 5.92 Å². The monoisotopic (exact) mass is 287 g/mol. The van der Waals surface area contributed by atoms with Crippen LogP contribution in [0.2, 0.25) is 0 Å². The lowest BCUT2D eigenvalue weighted by atomic mass is 9.99. The molecular weight excluding hydrogens is 266 g/mol. The van der Waals surface area contributed by atoms with Gasteiger partial charge in [-0.3, -0.25) is 4.90 Å². The summed E-state index contributed by atoms with van der Waals surface area (Å²) in [5.74, 6) is 1.67. The zero-order valence-electron chi connectivity index (χ0n) is 12.6. The SMILES string of the molecule is COc1ccc(-c2nonc2CN2CCC(C)CC2)cc1. The van der Waals surface area contributed by atoms with Crippen molar-refractivity contribution >= 4 is 0 Å². The van der Waals surface area contributed by atoms with Gasteiger partial charge >= 0.3 is 0 Å². The molecule has 2 heterocycles. The highest BCUT2D eigenvalue weighted by molar-refractivity contribution is 5.61. The van der Waals surface area contributed by atoms with Crippen LogP contribution in [0.3, 0.4) is 0 Å². The summed E-state index contributed by atoms with van der Waals surface area (Å²) in [6.07, 6.45) is 2.51. The summed E-state index contributed by atoms with van der Waals surface area (Å²) in [4.78, 5) is 2.42. The van der Waals surface area contributed by atoms with Crippen molar-refractivity contribution in [1.82, 2.24) is 15.2 Å². The number of piperidine rings is 1. The number of nitrogens with zero attached hydrogens (tertiary/aromatic N) is 3. The topological polar surface area (TPSA) is 51.4 Å². The summed E-state index contributed by atoms with van der Waals surface area (Å²) < 4.78 is 10.1. The molecule has 2 aromatic rings. The first-order chi connectivity index (χ1) is 10.3. The third-order valence-electron chi connectivity index (χ3n) is 4.17. The molecule has 0 saturated carbocycles. The highest BCUT2D eigenvalue weighted by Crippen LogP contribution is 2.25. The minimum Gasteiger partial charge on any atom is -0.497 e. The normalized spacial score (nSPS) is 17.0. The Morgan fingerprint density at radius 3 is 2.57 bits per heavy atom. The fourth-order valence-corrected chi connectivity index (χ4v) is 2.71. The molecule has 1 aliphatic rings. The first-order valence-electron chi connectivity index (χ1n) is 7.44. The molecule has 112 valence electrons. The number of aromatic nitrogens is 2. The molecule has 0 N–H and O–H groups in total. The van der Waals surface area contributed by atoms with Gasteiger partial charge in [0.15, 0.2) is 0 Å². The lowest BCUT2D eigenvalue weighted by Crippen LogP contribution is -2.32. The molecule has 1 aromatic carbocycles. The molecule has 1 aromatic heterocycles. The maximum atomic E-state index is 5.18. The van der Waals surface area contributed by atoms with Crippen LogP contribution in [-0.4, -0.2) is 35.4 Å². The third kappa shape index (κ3) is 3.24. The van der Waals surface area contributed by atoms with Gasteiger partial charge in [-0.25, -0.2) is 4.63 Å². The van der Waals surface area contributed by atoms with Crippen molar-refractivity contribution < 1.29 is 9.37 Å². The number of ether oxygens (including phenoxy) is 1. The molecular formula is C16H21N3O2. The summed E-state index contributed by atoms with van der Waals surface area (Å²) in [5.41, 5.74) is 2.75. The van der Waals surface area contributed by atoms with Crippen LogP contribution in [0, 0.1) is 5.92 Å². The quantitative estimate of drug-likeness (QED) is 0.865. The van der Waals surface area contributed by atoms with Gasteiger partial charge in [0.2, 0.25) is 0 Å². The van der Waals surface area contributed by atoms with E-state index in [1.165, 1.54) is 12.8 Å². The second-order valence-electron chi connectivity index (χ2n) is 5.75.